The Morgan fingerprint density at radius 2 is 1.61 bits per heavy atom. The van der Waals surface area contributed by atoms with E-state index in [2.05, 4.69) is 31.2 Å². The molecule has 1 aliphatic heterocycles. The molecule has 0 aliphatic carbocycles. The minimum Gasteiger partial charge on any atom is -0.490 e. The third-order valence-electron chi connectivity index (χ3n) is 5.13. The van der Waals surface area contributed by atoms with E-state index in [4.69, 9.17) is 14.2 Å². The smallest absolute Gasteiger partial charge is 0.204 e. The van der Waals surface area contributed by atoms with Gasteiger partial charge in [0.15, 0.2) is 11.5 Å². The summed E-state index contributed by atoms with van der Waals surface area (Å²) in [4.78, 5) is 0. The monoisotopic (exact) mass is 390 g/mol. The van der Waals surface area contributed by atoms with E-state index in [-0.39, 0.29) is 24.2 Å². The Labute approximate surface area is 165 Å². The average molecular weight is 390 g/mol. The summed E-state index contributed by atoms with van der Waals surface area (Å²) in [5.74, 6) is -1.85. The van der Waals surface area contributed by atoms with E-state index in [1.54, 1.807) is 0 Å². The Morgan fingerprint density at radius 3 is 2.18 bits per heavy atom. The third kappa shape index (κ3) is 5.02. The first-order chi connectivity index (χ1) is 13.6. The number of halogens is 2. The molecule has 0 aromatic heterocycles. The van der Waals surface area contributed by atoms with Gasteiger partial charge in [0.25, 0.3) is 0 Å². The Balaban J connectivity index is 1.50. The second-order valence-corrected chi connectivity index (χ2v) is 7.17. The van der Waals surface area contributed by atoms with Gasteiger partial charge in [-0.05, 0) is 48.9 Å². The summed E-state index contributed by atoms with van der Waals surface area (Å²) in [7, 11) is 0. The molecule has 2 atom stereocenters. The molecule has 1 saturated heterocycles. The average Bonchev–Trinajstić information content (AvgIpc) is 2.74. The minimum absolute atomic E-state index is 0.0856. The molecule has 1 aliphatic rings. The molecule has 2 aromatic carbocycles. The minimum atomic E-state index is -1.02. The van der Waals surface area contributed by atoms with Crippen molar-refractivity contribution in [1.82, 2.24) is 0 Å². The lowest BCUT2D eigenvalue weighted by molar-refractivity contribution is -0.0219. The van der Waals surface area contributed by atoms with Crippen molar-refractivity contribution >= 4 is 0 Å². The predicted molar refractivity (Wildman–Crippen MR) is 105 cm³/mol. The van der Waals surface area contributed by atoms with Gasteiger partial charge in [-0.2, -0.15) is 8.78 Å². The van der Waals surface area contributed by atoms with E-state index in [0.717, 1.165) is 25.7 Å². The molecule has 2 unspecified atom stereocenters. The number of ether oxygens (including phenoxy) is 3. The van der Waals surface area contributed by atoms with Crippen LogP contribution >= 0.6 is 0 Å². The van der Waals surface area contributed by atoms with E-state index in [9.17, 15) is 8.78 Å². The van der Waals surface area contributed by atoms with Crippen molar-refractivity contribution in [2.75, 3.05) is 19.8 Å². The van der Waals surface area contributed by atoms with Crippen LogP contribution in [-0.2, 0) is 11.2 Å². The summed E-state index contributed by atoms with van der Waals surface area (Å²) < 4.78 is 44.8. The standard InChI is InChI=1S/C23H28F2O3/c1-3-13-26-20-11-12-21(23(25)22(20)24)28-15-19-10-9-18(14-27-19)17-7-5-16(4-2)6-8-17/h5-8,11-12,18-19H,3-4,9-10,13-15H2,1-2H3. The lowest BCUT2D eigenvalue weighted by Gasteiger charge is -2.29. The molecule has 0 amide bonds. The van der Waals surface area contributed by atoms with Gasteiger partial charge in [-0.25, -0.2) is 0 Å². The first-order valence-corrected chi connectivity index (χ1v) is 10.1. The largest absolute Gasteiger partial charge is 0.490 e. The van der Waals surface area contributed by atoms with Crippen molar-refractivity contribution in [2.45, 2.75) is 51.6 Å². The SMILES string of the molecule is CCCOc1ccc(OCC2CCC(c3ccc(CC)cc3)CO2)c(F)c1F. The van der Waals surface area contributed by atoms with Gasteiger partial charge in [0.05, 0.1) is 19.3 Å². The molecule has 3 rings (SSSR count). The maximum absolute atomic E-state index is 14.2. The molecule has 28 heavy (non-hydrogen) atoms. The molecule has 3 nitrogen and oxygen atoms in total. The van der Waals surface area contributed by atoms with Crippen LogP contribution in [-0.4, -0.2) is 25.9 Å². The third-order valence-corrected chi connectivity index (χ3v) is 5.13. The number of hydrogen-bond acceptors (Lipinski definition) is 3. The van der Waals surface area contributed by atoms with Crippen molar-refractivity contribution in [1.29, 1.82) is 0 Å². The molecule has 2 aromatic rings. The van der Waals surface area contributed by atoms with Crippen molar-refractivity contribution in [3.8, 4) is 11.5 Å². The highest BCUT2D eigenvalue weighted by atomic mass is 19.2. The number of hydrogen-bond donors (Lipinski definition) is 0. The summed E-state index contributed by atoms with van der Waals surface area (Å²) in [5, 5.41) is 0. The van der Waals surface area contributed by atoms with E-state index in [1.807, 2.05) is 6.92 Å². The van der Waals surface area contributed by atoms with Gasteiger partial charge < -0.3 is 14.2 Å². The van der Waals surface area contributed by atoms with Gasteiger partial charge in [-0.1, -0.05) is 38.1 Å². The molecule has 5 heteroatoms. The summed E-state index contributed by atoms with van der Waals surface area (Å²) in [6.45, 7) is 5.20. The first kappa shape index (κ1) is 20.6. The van der Waals surface area contributed by atoms with Crippen LogP contribution in [0.3, 0.4) is 0 Å². The lowest BCUT2D eigenvalue weighted by atomic mass is 9.91. The molecule has 0 bridgehead atoms. The summed E-state index contributed by atoms with van der Waals surface area (Å²) in [6, 6.07) is 11.5. The van der Waals surface area contributed by atoms with Crippen molar-refractivity contribution in [3.05, 3.63) is 59.2 Å². The number of aryl methyl sites for hydroxylation is 1. The maximum Gasteiger partial charge on any atom is 0.204 e. The van der Waals surface area contributed by atoms with Crippen LogP contribution in [0.4, 0.5) is 8.78 Å². The quantitative estimate of drug-likeness (QED) is 0.582. The highest BCUT2D eigenvalue weighted by Crippen LogP contribution is 2.31. The predicted octanol–water partition coefficient (Wildman–Crippen LogP) is 5.66. The summed E-state index contributed by atoms with van der Waals surface area (Å²) >= 11 is 0. The van der Waals surface area contributed by atoms with E-state index in [0.29, 0.717) is 19.1 Å². The molecule has 0 radical (unpaired) electrons. The fourth-order valence-electron chi connectivity index (χ4n) is 3.36. The molecule has 1 heterocycles. The van der Waals surface area contributed by atoms with Gasteiger partial charge in [0.2, 0.25) is 11.6 Å². The van der Waals surface area contributed by atoms with Crippen LogP contribution in [0.5, 0.6) is 11.5 Å². The van der Waals surface area contributed by atoms with Crippen molar-refractivity contribution < 1.29 is 23.0 Å². The van der Waals surface area contributed by atoms with Gasteiger partial charge in [0, 0.05) is 5.92 Å². The molecular formula is C23H28F2O3. The molecule has 1 fully saturated rings. The van der Waals surface area contributed by atoms with Crippen LogP contribution < -0.4 is 9.47 Å². The number of rotatable bonds is 8. The highest BCUT2D eigenvalue weighted by Gasteiger charge is 2.24. The second-order valence-electron chi connectivity index (χ2n) is 7.17. The fraction of sp³-hybridized carbons (Fsp3) is 0.478. The lowest BCUT2D eigenvalue weighted by Crippen LogP contribution is -2.29. The van der Waals surface area contributed by atoms with Gasteiger partial charge >= 0.3 is 0 Å². The van der Waals surface area contributed by atoms with Gasteiger partial charge in [0.1, 0.15) is 6.61 Å². The van der Waals surface area contributed by atoms with Crippen LogP contribution in [0.15, 0.2) is 36.4 Å². The van der Waals surface area contributed by atoms with Gasteiger partial charge in [-0.3, -0.25) is 0 Å². The Kier molecular flexibility index (Phi) is 7.26. The molecule has 0 spiro atoms. The Hall–Kier alpha value is -2.14. The molecule has 152 valence electrons. The topological polar surface area (TPSA) is 27.7 Å². The molecular weight excluding hydrogens is 362 g/mol. The molecule has 0 saturated carbocycles. The Bertz CT molecular complexity index is 753. The van der Waals surface area contributed by atoms with Crippen molar-refractivity contribution in [2.24, 2.45) is 0 Å². The van der Waals surface area contributed by atoms with Gasteiger partial charge in [-0.15, -0.1) is 0 Å². The maximum atomic E-state index is 14.2. The summed E-state index contributed by atoms with van der Waals surface area (Å²) in [6.07, 6.45) is 3.44. The zero-order valence-electron chi connectivity index (χ0n) is 16.5. The van der Waals surface area contributed by atoms with Crippen LogP contribution in [0, 0.1) is 11.6 Å². The molecule has 0 N–H and O–H groups in total. The second kappa shape index (κ2) is 9.87. The Morgan fingerprint density at radius 1 is 0.929 bits per heavy atom. The fourth-order valence-corrected chi connectivity index (χ4v) is 3.36. The zero-order chi connectivity index (χ0) is 19.9. The van der Waals surface area contributed by atoms with E-state index >= 15 is 0 Å². The van der Waals surface area contributed by atoms with Crippen LogP contribution in [0.1, 0.15) is 50.2 Å². The van der Waals surface area contributed by atoms with E-state index < -0.39 is 11.6 Å². The van der Waals surface area contributed by atoms with E-state index in [1.165, 1.54) is 23.3 Å². The van der Waals surface area contributed by atoms with Crippen LogP contribution in [0.2, 0.25) is 0 Å². The van der Waals surface area contributed by atoms with Crippen molar-refractivity contribution in [3.63, 3.8) is 0 Å². The number of benzene rings is 2. The highest BCUT2D eigenvalue weighted by molar-refractivity contribution is 5.35. The summed E-state index contributed by atoms with van der Waals surface area (Å²) in [5.41, 5.74) is 2.61. The zero-order valence-corrected chi connectivity index (χ0v) is 16.5. The van der Waals surface area contributed by atoms with Crippen LogP contribution in [0.25, 0.3) is 0 Å². The normalized spacial score (nSPS) is 19.4. The first-order valence-electron chi connectivity index (χ1n) is 10.1.